The Morgan fingerprint density at radius 2 is 1.80 bits per heavy atom. The molecule has 0 fully saturated rings. The van der Waals surface area contributed by atoms with Crippen molar-refractivity contribution in [2.45, 2.75) is 13.2 Å². The van der Waals surface area contributed by atoms with Gasteiger partial charge in [0.1, 0.15) is 5.75 Å². The van der Waals surface area contributed by atoms with Crippen LogP contribution in [0.4, 0.5) is 0 Å². The molecule has 1 aliphatic rings. The summed E-state index contributed by atoms with van der Waals surface area (Å²) >= 11 is 6.06. The highest BCUT2D eigenvalue weighted by Crippen LogP contribution is 2.27. The molecule has 2 aromatic carbocycles. The van der Waals surface area contributed by atoms with Crippen LogP contribution in [0.25, 0.3) is 0 Å². The molecule has 0 atom stereocenters. The first-order chi connectivity index (χ1) is 9.69. The molecular formula is C16H13ClO3. The van der Waals surface area contributed by atoms with Gasteiger partial charge in [-0.05, 0) is 35.4 Å². The molecule has 0 N–H and O–H groups in total. The van der Waals surface area contributed by atoms with Gasteiger partial charge in [-0.15, -0.1) is 0 Å². The smallest absolute Gasteiger partial charge is 0.193 e. The van der Waals surface area contributed by atoms with Crippen LogP contribution in [-0.4, -0.2) is 12.9 Å². The highest BCUT2D eigenvalue weighted by Gasteiger charge is 2.16. The van der Waals surface area contributed by atoms with Gasteiger partial charge in [-0.1, -0.05) is 23.7 Å². The Bertz CT molecular complexity index is 679. The topological polar surface area (TPSA) is 35.5 Å². The van der Waals surface area contributed by atoms with Gasteiger partial charge in [0.15, 0.2) is 5.78 Å². The Balaban J connectivity index is 1.94. The van der Waals surface area contributed by atoms with Crippen LogP contribution in [0.5, 0.6) is 5.75 Å². The third-order valence-corrected chi connectivity index (χ3v) is 3.69. The molecule has 0 bridgehead atoms. The van der Waals surface area contributed by atoms with Crippen molar-refractivity contribution >= 4 is 17.4 Å². The number of rotatable bonds is 3. The van der Waals surface area contributed by atoms with E-state index < -0.39 is 0 Å². The molecule has 4 heteroatoms. The van der Waals surface area contributed by atoms with E-state index >= 15 is 0 Å². The van der Waals surface area contributed by atoms with Crippen LogP contribution in [0, 0.1) is 0 Å². The molecule has 0 radical (unpaired) electrons. The van der Waals surface area contributed by atoms with Crippen LogP contribution in [0.2, 0.25) is 5.02 Å². The number of hydrogen-bond donors (Lipinski definition) is 0. The third kappa shape index (κ3) is 2.30. The molecule has 3 rings (SSSR count). The lowest BCUT2D eigenvalue weighted by Gasteiger charge is -2.06. The molecule has 1 aliphatic heterocycles. The number of fused-ring (bicyclic) bond motifs is 1. The van der Waals surface area contributed by atoms with E-state index in [1.54, 1.807) is 25.3 Å². The van der Waals surface area contributed by atoms with Crippen LogP contribution in [0.15, 0.2) is 36.4 Å². The van der Waals surface area contributed by atoms with Gasteiger partial charge in [0, 0.05) is 11.1 Å². The Kier molecular flexibility index (Phi) is 3.47. The van der Waals surface area contributed by atoms with Crippen LogP contribution in [0.1, 0.15) is 27.0 Å². The van der Waals surface area contributed by atoms with Gasteiger partial charge in [-0.3, -0.25) is 4.79 Å². The molecular weight excluding hydrogens is 276 g/mol. The normalized spacial score (nSPS) is 13.1. The summed E-state index contributed by atoms with van der Waals surface area (Å²) in [4.78, 5) is 12.5. The Labute approximate surface area is 122 Å². The van der Waals surface area contributed by atoms with E-state index in [0.717, 1.165) is 11.1 Å². The second-order valence-electron chi connectivity index (χ2n) is 4.65. The summed E-state index contributed by atoms with van der Waals surface area (Å²) in [5, 5.41) is 0.433. The average Bonchev–Trinajstić information content (AvgIpc) is 2.93. The van der Waals surface area contributed by atoms with Crippen LogP contribution >= 0.6 is 11.6 Å². The zero-order valence-corrected chi connectivity index (χ0v) is 11.7. The van der Waals surface area contributed by atoms with E-state index in [2.05, 4.69) is 0 Å². The first-order valence-electron chi connectivity index (χ1n) is 6.27. The van der Waals surface area contributed by atoms with Gasteiger partial charge in [0.2, 0.25) is 0 Å². The Morgan fingerprint density at radius 1 is 1.10 bits per heavy atom. The molecule has 3 nitrogen and oxygen atoms in total. The Morgan fingerprint density at radius 3 is 2.55 bits per heavy atom. The van der Waals surface area contributed by atoms with Crippen LogP contribution in [-0.2, 0) is 18.0 Å². The van der Waals surface area contributed by atoms with Crippen molar-refractivity contribution < 1.29 is 14.3 Å². The lowest BCUT2D eigenvalue weighted by atomic mass is 9.99. The lowest BCUT2D eigenvalue weighted by Crippen LogP contribution is -2.02. The maximum Gasteiger partial charge on any atom is 0.193 e. The second-order valence-corrected chi connectivity index (χ2v) is 5.06. The fourth-order valence-corrected chi connectivity index (χ4v) is 2.55. The summed E-state index contributed by atoms with van der Waals surface area (Å²) in [6.45, 7) is 1.19. The number of halogens is 1. The van der Waals surface area contributed by atoms with Crippen molar-refractivity contribution in [1.29, 1.82) is 0 Å². The number of ketones is 1. The quantitative estimate of drug-likeness (QED) is 0.810. The van der Waals surface area contributed by atoms with Crippen molar-refractivity contribution in [2.75, 3.05) is 7.11 Å². The fourth-order valence-electron chi connectivity index (χ4n) is 2.29. The number of ether oxygens (including phenoxy) is 2. The maximum atomic E-state index is 12.5. The zero-order chi connectivity index (χ0) is 14.1. The predicted octanol–water partition coefficient (Wildman–Crippen LogP) is 3.61. The molecule has 0 unspecified atom stereocenters. The monoisotopic (exact) mass is 288 g/mol. The van der Waals surface area contributed by atoms with Crippen molar-refractivity contribution in [3.05, 3.63) is 63.7 Å². The minimum absolute atomic E-state index is 0.0516. The van der Waals surface area contributed by atoms with Crippen molar-refractivity contribution in [2.24, 2.45) is 0 Å². The largest absolute Gasteiger partial charge is 0.495 e. The Hall–Kier alpha value is -1.84. The SMILES string of the molecule is COc1ccc(C(=O)c2ccc3c(c2)COC3)cc1Cl. The van der Waals surface area contributed by atoms with E-state index in [0.29, 0.717) is 35.1 Å². The molecule has 1 heterocycles. The van der Waals surface area contributed by atoms with E-state index in [4.69, 9.17) is 21.1 Å². The minimum atomic E-state index is -0.0516. The van der Waals surface area contributed by atoms with Gasteiger partial charge in [-0.2, -0.15) is 0 Å². The summed E-state index contributed by atoms with van der Waals surface area (Å²) in [7, 11) is 1.54. The van der Waals surface area contributed by atoms with E-state index in [9.17, 15) is 4.79 Å². The molecule has 2 aromatic rings. The summed E-state index contributed by atoms with van der Waals surface area (Å²) in [5.41, 5.74) is 3.43. The van der Waals surface area contributed by atoms with E-state index in [1.807, 2.05) is 18.2 Å². The highest BCUT2D eigenvalue weighted by atomic mass is 35.5. The van der Waals surface area contributed by atoms with Gasteiger partial charge in [0.05, 0.1) is 25.3 Å². The standard InChI is InChI=1S/C16H13ClO3/c1-19-15-5-4-11(7-14(15)17)16(18)10-2-3-12-8-20-9-13(12)6-10/h2-7H,8-9H2,1H3. The summed E-state index contributed by atoms with van der Waals surface area (Å²) in [6, 6.07) is 10.7. The number of benzene rings is 2. The first kappa shape index (κ1) is 13.2. The van der Waals surface area contributed by atoms with Gasteiger partial charge in [0.25, 0.3) is 0 Å². The summed E-state index contributed by atoms with van der Waals surface area (Å²) < 4.78 is 10.4. The molecule has 102 valence electrons. The third-order valence-electron chi connectivity index (χ3n) is 3.40. The number of methoxy groups -OCH3 is 1. The predicted molar refractivity (Wildman–Crippen MR) is 76.4 cm³/mol. The average molecular weight is 289 g/mol. The zero-order valence-electron chi connectivity index (χ0n) is 11.0. The molecule has 20 heavy (non-hydrogen) atoms. The maximum absolute atomic E-state index is 12.5. The van der Waals surface area contributed by atoms with Gasteiger partial charge in [-0.25, -0.2) is 0 Å². The highest BCUT2D eigenvalue weighted by molar-refractivity contribution is 6.32. The molecule has 0 saturated heterocycles. The molecule has 0 aliphatic carbocycles. The van der Waals surface area contributed by atoms with Gasteiger partial charge >= 0.3 is 0 Å². The number of hydrogen-bond acceptors (Lipinski definition) is 3. The van der Waals surface area contributed by atoms with Gasteiger partial charge < -0.3 is 9.47 Å². The first-order valence-corrected chi connectivity index (χ1v) is 6.64. The number of carbonyl (C=O) groups is 1. The molecule has 0 amide bonds. The number of carbonyl (C=O) groups excluding carboxylic acids is 1. The molecule has 0 spiro atoms. The van der Waals surface area contributed by atoms with E-state index in [1.165, 1.54) is 0 Å². The van der Waals surface area contributed by atoms with Crippen molar-refractivity contribution in [3.8, 4) is 5.75 Å². The van der Waals surface area contributed by atoms with Crippen LogP contribution in [0.3, 0.4) is 0 Å². The summed E-state index contributed by atoms with van der Waals surface area (Å²) in [6.07, 6.45) is 0. The van der Waals surface area contributed by atoms with Crippen LogP contribution < -0.4 is 4.74 Å². The second kappa shape index (κ2) is 5.27. The fraction of sp³-hybridized carbons (Fsp3) is 0.188. The lowest BCUT2D eigenvalue weighted by molar-refractivity contribution is 0.103. The molecule has 0 aromatic heterocycles. The van der Waals surface area contributed by atoms with Crippen molar-refractivity contribution in [1.82, 2.24) is 0 Å². The van der Waals surface area contributed by atoms with Crippen molar-refractivity contribution in [3.63, 3.8) is 0 Å². The summed E-state index contributed by atoms with van der Waals surface area (Å²) in [5.74, 6) is 0.509. The van der Waals surface area contributed by atoms with E-state index in [-0.39, 0.29) is 5.78 Å². The minimum Gasteiger partial charge on any atom is -0.495 e. The molecule has 0 saturated carbocycles.